The lowest BCUT2D eigenvalue weighted by Crippen LogP contribution is -2.43. The normalized spacial score (nSPS) is 13.5. The molecule has 0 heterocycles. The number of carbonyl (C=O) groups excluding carboxylic acids is 1. The molecule has 0 aromatic heterocycles. The first-order valence-corrected chi connectivity index (χ1v) is 7.79. The number of nitrogens with one attached hydrogen (secondary N) is 2. The van der Waals surface area contributed by atoms with Crippen LogP contribution in [0.15, 0.2) is 24.3 Å². The fraction of sp³-hybridized carbons (Fsp3) is 0.588. The highest BCUT2D eigenvalue weighted by atomic mass is 16.5. The van der Waals surface area contributed by atoms with Gasteiger partial charge in [-0.05, 0) is 36.5 Å². The van der Waals surface area contributed by atoms with Gasteiger partial charge >= 0.3 is 6.03 Å². The summed E-state index contributed by atoms with van der Waals surface area (Å²) in [5.41, 5.74) is 0.985. The molecule has 0 saturated heterocycles. The second-order valence-corrected chi connectivity index (χ2v) is 6.13. The minimum absolute atomic E-state index is 0.0264. The predicted octanol–water partition coefficient (Wildman–Crippen LogP) is 2.54. The molecule has 1 rings (SSSR count). The summed E-state index contributed by atoms with van der Waals surface area (Å²) in [6.45, 7) is 9.13. The molecule has 0 aliphatic carbocycles. The molecule has 0 saturated carbocycles. The minimum atomic E-state index is -0.235. The number of carbonyl (C=O) groups is 1. The van der Waals surface area contributed by atoms with E-state index in [4.69, 9.17) is 9.84 Å². The van der Waals surface area contributed by atoms with Gasteiger partial charge in [0.25, 0.3) is 0 Å². The molecule has 1 aromatic rings. The standard InChI is InChI=1S/C17H28N2O3/c1-12(2)11-22-16-7-5-6-15(8-16)9-18-17(21)19-14(4)13(3)10-20/h5-8,12-14,20H,9-11H2,1-4H3,(H2,18,19,21). The first-order valence-electron chi connectivity index (χ1n) is 7.79. The van der Waals surface area contributed by atoms with Crippen LogP contribution in [0.3, 0.4) is 0 Å². The SMILES string of the molecule is CC(C)COc1cccc(CNC(=O)NC(C)C(C)CO)c1. The van der Waals surface area contributed by atoms with Crippen LogP contribution >= 0.6 is 0 Å². The van der Waals surface area contributed by atoms with Crippen molar-refractivity contribution in [2.24, 2.45) is 11.8 Å². The first-order chi connectivity index (χ1) is 10.4. The van der Waals surface area contributed by atoms with E-state index in [1.807, 2.05) is 38.1 Å². The average Bonchev–Trinajstić information content (AvgIpc) is 2.50. The van der Waals surface area contributed by atoms with Crippen LogP contribution in [0.2, 0.25) is 0 Å². The van der Waals surface area contributed by atoms with E-state index >= 15 is 0 Å². The van der Waals surface area contributed by atoms with Crippen LogP contribution in [0.4, 0.5) is 4.79 Å². The van der Waals surface area contributed by atoms with E-state index in [2.05, 4.69) is 24.5 Å². The van der Waals surface area contributed by atoms with Crippen molar-refractivity contribution in [2.45, 2.75) is 40.3 Å². The lowest BCUT2D eigenvalue weighted by atomic mass is 10.1. The molecule has 2 atom stereocenters. The van der Waals surface area contributed by atoms with E-state index in [-0.39, 0.29) is 24.6 Å². The first kappa shape index (κ1) is 18.3. The summed E-state index contributed by atoms with van der Waals surface area (Å²) in [7, 11) is 0. The van der Waals surface area contributed by atoms with Gasteiger partial charge in [-0.3, -0.25) is 0 Å². The Morgan fingerprint density at radius 1 is 1.27 bits per heavy atom. The Morgan fingerprint density at radius 3 is 2.64 bits per heavy atom. The van der Waals surface area contributed by atoms with Crippen molar-refractivity contribution in [1.82, 2.24) is 10.6 Å². The topological polar surface area (TPSA) is 70.6 Å². The fourth-order valence-electron chi connectivity index (χ4n) is 1.75. The van der Waals surface area contributed by atoms with Crippen LogP contribution in [0, 0.1) is 11.8 Å². The number of rotatable bonds is 8. The number of benzene rings is 1. The zero-order valence-corrected chi connectivity index (χ0v) is 13.9. The molecule has 22 heavy (non-hydrogen) atoms. The largest absolute Gasteiger partial charge is 0.493 e. The Kier molecular flexibility index (Phi) is 7.74. The van der Waals surface area contributed by atoms with Crippen LogP contribution in [-0.4, -0.2) is 30.4 Å². The number of aliphatic hydroxyl groups excluding tert-OH is 1. The number of amides is 2. The summed E-state index contributed by atoms with van der Waals surface area (Å²) in [6, 6.07) is 7.40. The monoisotopic (exact) mass is 308 g/mol. The Labute approximate surface area is 133 Å². The molecule has 3 N–H and O–H groups in total. The van der Waals surface area contributed by atoms with Gasteiger partial charge in [-0.1, -0.05) is 32.9 Å². The van der Waals surface area contributed by atoms with Gasteiger partial charge in [0.05, 0.1) is 6.61 Å². The molecule has 0 aliphatic rings. The maximum absolute atomic E-state index is 11.8. The number of hydrogen-bond donors (Lipinski definition) is 3. The van der Waals surface area contributed by atoms with Crippen molar-refractivity contribution in [3.63, 3.8) is 0 Å². The van der Waals surface area contributed by atoms with Gasteiger partial charge in [-0.15, -0.1) is 0 Å². The predicted molar refractivity (Wildman–Crippen MR) is 87.9 cm³/mol. The Balaban J connectivity index is 2.43. The molecule has 2 unspecified atom stereocenters. The van der Waals surface area contributed by atoms with Gasteiger partial charge < -0.3 is 20.5 Å². The van der Waals surface area contributed by atoms with E-state index in [9.17, 15) is 4.79 Å². The summed E-state index contributed by atoms with van der Waals surface area (Å²) in [4.78, 5) is 11.8. The van der Waals surface area contributed by atoms with E-state index in [1.165, 1.54) is 0 Å². The number of urea groups is 1. The van der Waals surface area contributed by atoms with Crippen molar-refractivity contribution in [3.05, 3.63) is 29.8 Å². The Morgan fingerprint density at radius 2 is 2.00 bits per heavy atom. The van der Waals surface area contributed by atoms with Gasteiger partial charge in [-0.2, -0.15) is 0 Å². The van der Waals surface area contributed by atoms with Crippen LogP contribution in [0.1, 0.15) is 33.3 Å². The molecule has 0 bridgehead atoms. The lowest BCUT2D eigenvalue weighted by molar-refractivity contribution is 0.200. The van der Waals surface area contributed by atoms with Crippen molar-refractivity contribution in [1.29, 1.82) is 0 Å². The average molecular weight is 308 g/mol. The maximum atomic E-state index is 11.8. The highest BCUT2D eigenvalue weighted by Crippen LogP contribution is 2.14. The summed E-state index contributed by atoms with van der Waals surface area (Å²) < 4.78 is 5.67. The van der Waals surface area contributed by atoms with E-state index in [0.29, 0.717) is 19.1 Å². The quantitative estimate of drug-likeness (QED) is 0.691. The van der Waals surface area contributed by atoms with Gasteiger partial charge in [-0.25, -0.2) is 4.79 Å². The molecule has 2 amide bonds. The minimum Gasteiger partial charge on any atom is -0.493 e. The van der Waals surface area contributed by atoms with Gasteiger partial charge in [0.15, 0.2) is 0 Å². The fourth-order valence-corrected chi connectivity index (χ4v) is 1.75. The molecule has 0 aliphatic heterocycles. The number of hydrogen-bond acceptors (Lipinski definition) is 3. The maximum Gasteiger partial charge on any atom is 0.315 e. The van der Waals surface area contributed by atoms with Gasteiger partial charge in [0, 0.05) is 19.2 Å². The lowest BCUT2D eigenvalue weighted by Gasteiger charge is -2.19. The van der Waals surface area contributed by atoms with Crippen molar-refractivity contribution < 1.29 is 14.6 Å². The Bertz CT molecular complexity index is 463. The summed E-state index contributed by atoms with van der Waals surface area (Å²) in [6.07, 6.45) is 0. The molecule has 124 valence electrons. The van der Waals surface area contributed by atoms with Crippen LogP contribution in [-0.2, 0) is 6.54 Å². The third kappa shape index (κ3) is 6.80. The number of aliphatic hydroxyl groups is 1. The molecular formula is C17H28N2O3. The molecule has 0 spiro atoms. The zero-order chi connectivity index (χ0) is 16.5. The highest BCUT2D eigenvalue weighted by Gasteiger charge is 2.13. The zero-order valence-electron chi connectivity index (χ0n) is 13.9. The highest BCUT2D eigenvalue weighted by molar-refractivity contribution is 5.74. The van der Waals surface area contributed by atoms with E-state index in [0.717, 1.165) is 11.3 Å². The van der Waals surface area contributed by atoms with Crippen LogP contribution in [0.25, 0.3) is 0 Å². The number of ether oxygens (including phenoxy) is 1. The summed E-state index contributed by atoms with van der Waals surface area (Å²) in [5, 5.41) is 14.7. The smallest absolute Gasteiger partial charge is 0.315 e. The van der Waals surface area contributed by atoms with E-state index < -0.39 is 0 Å². The third-order valence-corrected chi connectivity index (χ3v) is 3.44. The molecule has 0 fully saturated rings. The van der Waals surface area contributed by atoms with E-state index in [1.54, 1.807) is 0 Å². The summed E-state index contributed by atoms with van der Waals surface area (Å²) in [5.74, 6) is 1.32. The Hall–Kier alpha value is -1.75. The van der Waals surface area contributed by atoms with Crippen molar-refractivity contribution in [3.8, 4) is 5.75 Å². The van der Waals surface area contributed by atoms with Gasteiger partial charge in [0.1, 0.15) is 5.75 Å². The molecule has 5 heteroatoms. The van der Waals surface area contributed by atoms with Crippen molar-refractivity contribution in [2.75, 3.05) is 13.2 Å². The van der Waals surface area contributed by atoms with Crippen molar-refractivity contribution >= 4 is 6.03 Å². The van der Waals surface area contributed by atoms with Gasteiger partial charge in [0.2, 0.25) is 0 Å². The second kappa shape index (κ2) is 9.30. The van der Waals surface area contributed by atoms with Crippen LogP contribution in [0.5, 0.6) is 5.75 Å². The third-order valence-electron chi connectivity index (χ3n) is 3.44. The molecular weight excluding hydrogens is 280 g/mol. The van der Waals surface area contributed by atoms with Crippen LogP contribution < -0.4 is 15.4 Å². The molecule has 0 radical (unpaired) electrons. The second-order valence-electron chi connectivity index (χ2n) is 6.13. The molecule has 1 aromatic carbocycles. The molecule has 5 nitrogen and oxygen atoms in total. The summed E-state index contributed by atoms with van der Waals surface area (Å²) >= 11 is 0.